The van der Waals surface area contributed by atoms with Crippen LogP contribution in [0.3, 0.4) is 0 Å². The number of hydrogen-bond acceptors (Lipinski definition) is 3. The molecule has 6 heteroatoms. The number of benzene rings is 1. The van der Waals surface area contributed by atoms with Gasteiger partial charge in [0, 0.05) is 6.54 Å². The van der Waals surface area contributed by atoms with Crippen LogP contribution < -0.4 is 4.72 Å². The van der Waals surface area contributed by atoms with Crippen LogP contribution in [-0.4, -0.2) is 26.2 Å². The number of rotatable bonds is 4. The molecule has 0 heterocycles. The van der Waals surface area contributed by atoms with Gasteiger partial charge in [0.2, 0.25) is 10.0 Å². The fraction of sp³-hybridized carbons (Fsp3) is 0.400. The minimum Gasteiger partial charge on any atom is -0.392 e. The molecule has 1 rings (SSSR count). The monoisotopic (exact) mass is 247 g/mol. The second-order valence-corrected chi connectivity index (χ2v) is 5.35. The summed E-state index contributed by atoms with van der Waals surface area (Å²) in [6, 6.07) is 3.55. The topological polar surface area (TPSA) is 66.4 Å². The first kappa shape index (κ1) is 13.1. The summed E-state index contributed by atoms with van der Waals surface area (Å²) in [6.07, 6.45) is -0.788. The maximum absolute atomic E-state index is 12.9. The lowest BCUT2D eigenvalue weighted by Crippen LogP contribution is -2.31. The van der Waals surface area contributed by atoms with Crippen LogP contribution in [-0.2, 0) is 10.0 Å². The molecule has 1 aromatic carbocycles. The molecule has 0 saturated carbocycles. The van der Waals surface area contributed by atoms with E-state index in [0.29, 0.717) is 5.56 Å². The summed E-state index contributed by atoms with van der Waals surface area (Å²) < 4.78 is 38.6. The highest BCUT2D eigenvalue weighted by atomic mass is 32.2. The molecule has 90 valence electrons. The molecule has 0 amide bonds. The second-order valence-electron chi connectivity index (χ2n) is 3.61. The lowest BCUT2D eigenvalue weighted by molar-refractivity contribution is 0.198. The predicted octanol–water partition coefficient (Wildman–Crippen LogP) is 0.793. The minimum absolute atomic E-state index is 0.0989. The zero-order valence-corrected chi connectivity index (χ0v) is 9.88. The number of aryl methyl sites for hydroxylation is 1. The van der Waals surface area contributed by atoms with E-state index in [9.17, 15) is 12.8 Å². The Balaban J connectivity index is 3.02. The largest absolute Gasteiger partial charge is 0.392 e. The number of aliphatic hydroxyl groups excluding tert-OH is 1. The summed E-state index contributed by atoms with van der Waals surface area (Å²) in [5.74, 6) is -0.608. The Morgan fingerprint density at radius 1 is 1.50 bits per heavy atom. The maximum Gasteiger partial charge on any atom is 0.241 e. The van der Waals surface area contributed by atoms with Crippen LogP contribution in [0.5, 0.6) is 0 Å². The zero-order chi connectivity index (χ0) is 12.3. The Hall–Kier alpha value is -0.980. The summed E-state index contributed by atoms with van der Waals surface area (Å²) >= 11 is 0. The van der Waals surface area contributed by atoms with E-state index in [2.05, 4.69) is 4.72 Å². The van der Waals surface area contributed by atoms with Gasteiger partial charge < -0.3 is 5.11 Å². The number of sulfonamides is 1. The van der Waals surface area contributed by atoms with Crippen molar-refractivity contribution in [1.82, 2.24) is 4.72 Å². The van der Waals surface area contributed by atoms with E-state index in [1.54, 1.807) is 6.92 Å². The molecular weight excluding hydrogens is 233 g/mol. The van der Waals surface area contributed by atoms with Crippen LogP contribution >= 0.6 is 0 Å². The van der Waals surface area contributed by atoms with Gasteiger partial charge in [0.05, 0.1) is 11.0 Å². The second kappa shape index (κ2) is 4.90. The third-order valence-electron chi connectivity index (χ3n) is 2.01. The van der Waals surface area contributed by atoms with Gasteiger partial charge in [-0.3, -0.25) is 0 Å². The first-order valence-electron chi connectivity index (χ1n) is 4.77. The molecule has 1 aromatic rings. The molecule has 0 unspecified atom stereocenters. The van der Waals surface area contributed by atoms with Gasteiger partial charge in [-0.25, -0.2) is 17.5 Å². The van der Waals surface area contributed by atoms with Gasteiger partial charge in [0.15, 0.2) is 0 Å². The molecule has 0 aliphatic rings. The summed E-state index contributed by atoms with van der Waals surface area (Å²) in [4.78, 5) is -0.104. The molecule has 0 bridgehead atoms. The Labute approximate surface area is 94.2 Å². The molecular formula is C10H14FNO3S. The lowest BCUT2D eigenvalue weighted by Gasteiger charge is -2.10. The molecule has 0 aromatic heterocycles. The van der Waals surface area contributed by atoms with Crippen molar-refractivity contribution in [2.45, 2.75) is 24.8 Å². The SMILES string of the molecule is Cc1ccc(F)cc1S(=O)(=O)NC[C@H](C)O. The van der Waals surface area contributed by atoms with Gasteiger partial charge in [-0.1, -0.05) is 6.07 Å². The molecule has 0 aliphatic carbocycles. The van der Waals surface area contributed by atoms with Crippen LogP contribution in [0.1, 0.15) is 12.5 Å². The van der Waals surface area contributed by atoms with E-state index in [1.807, 2.05) is 0 Å². The highest BCUT2D eigenvalue weighted by Gasteiger charge is 2.17. The van der Waals surface area contributed by atoms with Crippen LogP contribution in [0.2, 0.25) is 0 Å². The standard InChI is InChI=1S/C10H14FNO3S/c1-7-3-4-9(11)5-10(7)16(14,15)12-6-8(2)13/h3-5,8,12-13H,6H2,1-2H3/t8-/m0/s1. The molecule has 2 N–H and O–H groups in total. The molecule has 0 spiro atoms. The molecule has 0 saturated heterocycles. The molecule has 16 heavy (non-hydrogen) atoms. The molecule has 1 atom stereocenters. The van der Waals surface area contributed by atoms with Crippen molar-refractivity contribution in [1.29, 1.82) is 0 Å². The Bertz CT molecular complexity index is 471. The molecule has 0 aliphatic heterocycles. The average molecular weight is 247 g/mol. The van der Waals surface area contributed by atoms with Gasteiger partial charge in [-0.2, -0.15) is 0 Å². The third kappa shape index (κ3) is 3.26. The number of hydrogen-bond donors (Lipinski definition) is 2. The quantitative estimate of drug-likeness (QED) is 0.826. The Morgan fingerprint density at radius 2 is 2.12 bits per heavy atom. The summed E-state index contributed by atoms with van der Waals surface area (Å²) in [7, 11) is -3.76. The Morgan fingerprint density at radius 3 is 2.69 bits per heavy atom. The number of nitrogens with one attached hydrogen (secondary N) is 1. The van der Waals surface area contributed by atoms with E-state index >= 15 is 0 Å². The van der Waals surface area contributed by atoms with Crippen LogP contribution in [0, 0.1) is 12.7 Å². The van der Waals surface area contributed by atoms with E-state index in [-0.39, 0.29) is 11.4 Å². The van der Waals surface area contributed by atoms with E-state index in [0.717, 1.165) is 6.07 Å². The fourth-order valence-electron chi connectivity index (χ4n) is 1.17. The first-order chi connectivity index (χ1) is 7.33. The van der Waals surface area contributed by atoms with Crippen molar-refractivity contribution in [2.24, 2.45) is 0 Å². The smallest absolute Gasteiger partial charge is 0.241 e. The van der Waals surface area contributed by atoms with Crippen molar-refractivity contribution in [3.63, 3.8) is 0 Å². The Kier molecular flexibility index (Phi) is 4.01. The molecule has 4 nitrogen and oxygen atoms in total. The highest BCUT2D eigenvalue weighted by Crippen LogP contribution is 2.15. The van der Waals surface area contributed by atoms with Crippen LogP contribution in [0.15, 0.2) is 23.1 Å². The molecule has 0 fully saturated rings. The number of halogens is 1. The summed E-state index contributed by atoms with van der Waals surface area (Å²) in [5.41, 5.74) is 0.458. The first-order valence-corrected chi connectivity index (χ1v) is 6.25. The van der Waals surface area contributed by atoms with Crippen molar-refractivity contribution >= 4 is 10.0 Å². The normalized spacial score (nSPS) is 13.8. The average Bonchev–Trinajstić information content (AvgIpc) is 2.19. The van der Waals surface area contributed by atoms with Gasteiger partial charge in [0.25, 0.3) is 0 Å². The summed E-state index contributed by atoms with van der Waals surface area (Å²) in [6.45, 7) is 2.94. The van der Waals surface area contributed by atoms with Crippen molar-refractivity contribution < 1.29 is 17.9 Å². The van der Waals surface area contributed by atoms with Gasteiger partial charge in [-0.05, 0) is 31.5 Å². The lowest BCUT2D eigenvalue weighted by atomic mass is 10.2. The van der Waals surface area contributed by atoms with Crippen molar-refractivity contribution in [2.75, 3.05) is 6.54 Å². The van der Waals surface area contributed by atoms with Gasteiger partial charge in [-0.15, -0.1) is 0 Å². The highest BCUT2D eigenvalue weighted by molar-refractivity contribution is 7.89. The van der Waals surface area contributed by atoms with Gasteiger partial charge in [0.1, 0.15) is 5.82 Å². The molecule has 0 radical (unpaired) electrons. The maximum atomic E-state index is 12.9. The third-order valence-corrected chi connectivity index (χ3v) is 3.57. The van der Waals surface area contributed by atoms with E-state index < -0.39 is 21.9 Å². The van der Waals surface area contributed by atoms with E-state index in [1.165, 1.54) is 19.1 Å². The predicted molar refractivity (Wildman–Crippen MR) is 58.0 cm³/mol. The summed E-state index contributed by atoms with van der Waals surface area (Å²) in [5, 5.41) is 8.99. The van der Waals surface area contributed by atoms with E-state index in [4.69, 9.17) is 5.11 Å². The van der Waals surface area contributed by atoms with Gasteiger partial charge >= 0.3 is 0 Å². The number of aliphatic hydroxyl groups is 1. The zero-order valence-electron chi connectivity index (χ0n) is 9.07. The van der Waals surface area contributed by atoms with Crippen LogP contribution in [0.4, 0.5) is 4.39 Å². The minimum atomic E-state index is -3.76. The van der Waals surface area contributed by atoms with Crippen molar-refractivity contribution in [3.8, 4) is 0 Å². The van der Waals surface area contributed by atoms with Crippen molar-refractivity contribution in [3.05, 3.63) is 29.6 Å². The van der Waals surface area contributed by atoms with Crippen LogP contribution in [0.25, 0.3) is 0 Å². The fourth-order valence-corrected chi connectivity index (χ4v) is 2.55.